The van der Waals surface area contributed by atoms with Crippen molar-refractivity contribution in [1.82, 2.24) is 14.7 Å². The molecule has 20 heavy (non-hydrogen) atoms. The maximum Gasteiger partial charge on any atom is 0.306 e. The average Bonchev–Trinajstić information content (AvgIpc) is 2.94. The van der Waals surface area contributed by atoms with Gasteiger partial charge in [0.15, 0.2) is 5.88 Å². The van der Waals surface area contributed by atoms with Gasteiger partial charge < -0.3 is 14.4 Å². The van der Waals surface area contributed by atoms with Crippen LogP contribution in [-0.2, 0) is 16.0 Å². The maximum absolute atomic E-state index is 10.6. The second-order valence-corrected chi connectivity index (χ2v) is 4.01. The van der Waals surface area contributed by atoms with E-state index in [1.54, 1.807) is 20.3 Å². The van der Waals surface area contributed by atoms with Gasteiger partial charge in [-0.25, -0.2) is 4.99 Å². The molecule has 0 unspecified atom stereocenters. The fourth-order valence-electron chi connectivity index (χ4n) is 1.75. The molecule has 0 N–H and O–H groups in total. The molecule has 0 radical (unpaired) electrons. The van der Waals surface area contributed by atoms with Crippen molar-refractivity contribution in [2.24, 2.45) is 4.99 Å². The standard InChI is InChI=1S/C11H15N5O4/c1-19-10-5-11(20-2)14(8-12-10)3-4-15-7-9(6-13-15)16(17)18/h5-7H,3-4,8H2,1-2H3. The number of hydrogen-bond donors (Lipinski definition) is 0. The highest BCUT2D eigenvalue weighted by Gasteiger charge is 2.17. The summed E-state index contributed by atoms with van der Waals surface area (Å²) >= 11 is 0. The van der Waals surface area contributed by atoms with E-state index in [9.17, 15) is 10.1 Å². The Bertz CT molecular complexity index is 551. The third kappa shape index (κ3) is 3.05. The molecular formula is C11H15N5O4. The molecule has 0 bridgehead atoms. The highest BCUT2D eigenvalue weighted by Crippen LogP contribution is 2.12. The largest absolute Gasteiger partial charge is 0.482 e. The first-order valence-corrected chi connectivity index (χ1v) is 5.90. The zero-order chi connectivity index (χ0) is 14.5. The van der Waals surface area contributed by atoms with Crippen molar-refractivity contribution in [2.75, 3.05) is 27.4 Å². The maximum atomic E-state index is 10.6. The topological polar surface area (TPSA) is 95.0 Å². The van der Waals surface area contributed by atoms with Gasteiger partial charge in [-0.2, -0.15) is 5.10 Å². The van der Waals surface area contributed by atoms with Gasteiger partial charge >= 0.3 is 5.69 Å². The molecule has 0 saturated heterocycles. The van der Waals surface area contributed by atoms with E-state index < -0.39 is 4.92 Å². The van der Waals surface area contributed by atoms with Crippen LogP contribution in [0.25, 0.3) is 0 Å². The van der Waals surface area contributed by atoms with Gasteiger partial charge in [-0.1, -0.05) is 0 Å². The fourth-order valence-corrected chi connectivity index (χ4v) is 1.75. The highest BCUT2D eigenvalue weighted by molar-refractivity contribution is 5.88. The number of hydrogen-bond acceptors (Lipinski definition) is 7. The van der Waals surface area contributed by atoms with Crippen LogP contribution in [0.15, 0.2) is 29.3 Å². The molecule has 0 atom stereocenters. The highest BCUT2D eigenvalue weighted by atomic mass is 16.6. The molecule has 1 aliphatic rings. The van der Waals surface area contributed by atoms with Crippen LogP contribution in [0.5, 0.6) is 0 Å². The molecule has 0 fully saturated rings. The summed E-state index contributed by atoms with van der Waals surface area (Å²) in [5.74, 6) is 1.14. The Kier molecular flexibility index (Phi) is 4.18. The fraction of sp³-hybridized carbons (Fsp3) is 0.455. The van der Waals surface area contributed by atoms with Gasteiger partial charge in [0.05, 0.1) is 31.8 Å². The minimum absolute atomic E-state index is 0.0224. The Morgan fingerprint density at radius 3 is 2.80 bits per heavy atom. The van der Waals surface area contributed by atoms with Crippen LogP contribution in [0.4, 0.5) is 5.69 Å². The molecule has 0 saturated carbocycles. The van der Waals surface area contributed by atoms with E-state index in [0.29, 0.717) is 31.5 Å². The van der Waals surface area contributed by atoms with E-state index in [0.717, 1.165) is 0 Å². The zero-order valence-corrected chi connectivity index (χ0v) is 11.2. The minimum Gasteiger partial charge on any atom is -0.482 e. The van der Waals surface area contributed by atoms with Gasteiger partial charge in [0.2, 0.25) is 5.90 Å². The number of methoxy groups -OCH3 is 2. The van der Waals surface area contributed by atoms with Crippen LogP contribution in [0, 0.1) is 10.1 Å². The molecule has 1 aromatic rings. The lowest BCUT2D eigenvalue weighted by Gasteiger charge is -2.26. The number of ether oxygens (including phenoxy) is 2. The van der Waals surface area contributed by atoms with Crippen molar-refractivity contribution in [3.05, 3.63) is 34.5 Å². The normalized spacial score (nSPS) is 14.6. The molecule has 0 spiro atoms. The molecule has 9 heteroatoms. The van der Waals surface area contributed by atoms with Crippen molar-refractivity contribution in [3.63, 3.8) is 0 Å². The summed E-state index contributed by atoms with van der Waals surface area (Å²) in [4.78, 5) is 16.2. The summed E-state index contributed by atoms with van der Waals surface area (Å²) in [6.45, 7) is 1.47. The van der Waals surface area contributed by atoms with Crippen LogP contribution in [0.3, 0.4) is 0 Å². The van der Waals surface area contributed by atoms with Crippen LogP contribution in [0.1, 0.15) is 0 Å². The van der Waals surface area contributed by atoms with Crippen molar-refractivity contribution in [2.45, 2.75) is 6.54 Å². The molecule has 0 aromatic carbocycles. The monoisotopic (exact) mass is 281 g/mol. The first-order chi connectivity index (χ1) is 9.63. The van der Waals surface area contributed by atoms with Gasteiger partial charge in [-0.05, 0) is 0 Å². The molecule has 2 heterocycles. The summed E-state index contributed by atoms with van der Waals surface area (Å²) in [6.07, 6.45) is 4.31. The first-order valence-electron chi connectivity index (χ1n) is 5.90. The lowest BCUT2D eigenvalue weighted by Crippen LogP contribution is -2.32. The number of nitrogens with zero attached hydrogens (tertiary/aromatic N) is 5. The van der Waals surface area contributed by atoms with Gasteiger partial charge in [0.25, 0.3) is 0 Å². The van der Waals surface area contributed by atoms with E-state index in [4.69, 9.17) is 9.47 Å². The van der Waals surface area contributed by atoms with Gasteiger partial charge in [0.1, 0.15) is 19.1 Å². The van der Waals surface area contributed by atoms with Crippen molar-refractivity contribution < 1.29 is 14.4 Å². The van der Waals surface area contributed by atoms with Crippen molar-refractivity contribution in [3.8, 4) is 0 Å². The molecule has 9 nitrogen and oxygen atoms in total. The van der Waals surface area contributed by atoms with Gasteiger partial charge in [-0.3, -0.25) is 14.8 Å². The van der Waals surface area contributed by atoms with Crippen LogP contribution in [0.2, 0.25) is 0 Å². The van der Waals surface area contributed by atoms with Crippen molar-refractivity contribution in [1.29, 1.82) is 0 Å². The zero-order valence-electron chi connectivity index (χ0n) is 11.2. The third-order valence-corrected chi connectivity index (χ3v) is 2.80. The molecule has 0 aliphatic carbocycles. The Labute approximate surface area is 115 Å². The van der Waals surface area contributed by atoms with Crippen LogP contribution in [-0.4, -0.2) is 52.9 Å². The minimum atomic E-state index is -0.472. The number of aromatic nitrogens is 2. The second kappa shape index (κ2) is 6.04. The van der Waals surface area contributed by atoms with E-state index in [1.807, 2.05) is 4.90 Å². The van der Waals surface area contributed by atoms with Gasteiger partial charge in [0, 0.05) is 6.54 Å². The number of nitro groups is 1. The van der Waals surface area contributed by atoms with Crippen LogP contribution >= 0.6 is 0 Å². The van der Waals surface area contributed by atoms with Crippen molar-refractivity contribution >= 4 is 11.6 Å². The van der Waals surface area contributed by atoms with Crippen LogP contribution < -0.4 is 0 Å². The molecule has 1 aliphatic heterocycles. The summed E-state index contributed by atoms with van der Waals surface area (Å²) in [7, 11) is 3.11. The summed E-state index contributed by atoms with van der Waals surface area (Å²) in [5.41, 5.74) is -0.0224. The van der Waals surface area contributed by atoms with E-state index in [2.05, 4.69) is 10.1 Å². The first kappa shape index (κ1) is 13.8. The lowest BCUT2D eigenvalue weighted by molar-refractivity contribution is -0.385. The predicted molar refractivity (Wildman–Crippen MR) is 70.0 cm³/mol. The Hall–Kier alpha value is -2.58. The van der Waals surface area contributed by atoms with E-state index in [1.165, 1.54) is 17.1 Å². The van der Waals surface area contributed by atoms with E-state index >= 15 is 0 Å². The van der Waals surface area contributed by atoms with Gasteiger partial charge in [-0.15, -0.1) is 0 Å². The lowest BCUT2D eigenvalue weighted by atomic mass is 10.4. The summed E-state index contributed by atoms with van der Waals surface area (Å²) in [6, 6.07) is 0. The molecule has 2 rings (SSSR count). The molecule has 1 aromatic heterocycles. The molecular weight excluding hydrogens is 266 g/mol. The molecule has 108 valence electrons. The molecule has 0 amide bonds. The second-order valence-electron chi connectivity index (χ2n) is 4.01. The number of rotatable bonds is 5. The smallest absolute Gasteiger partial charge is 0.306 e. The third-order valence-electron chi connectivity index (χ3n) is 2.80. The summed E-state index contributed by atoms with van der Waals surface area (Å²) in [5, 5.41) is 14.5. The van der Waals surface area contributed by atoms with E-state index in [-0.39, 0.29) is 5.69 Å². The Balaban J connectivity index is 1.95. The quantitative estimate of drug-likeness (QED) is 0.579. The summed E-state index contributed by atoms with van der Waals surface area (Å²) < 4.78 is 11.8. The SMILES string of the molecule is COC1=CC(OC)=NCN1CCn1cc([N+](=O)[O-])cn1. The number of aliphatic imine (C=N–C) groups is 1. The Morgan fingerprint density at radius 1 is 1.40 bits per heavy atom. The average molecular weight is 281 g/mol. The Morgan fingerprint density at radius 2 is 2.20 bits per heavy atom. The predicted octanol–water partition coefficient (Wildman–Crippen LogP) is 0.597.